The highest BCUT2D eigenvalue weighted by atomic mass is 28.4. The lowest BCUT2D eigenvalue weighted by atomic mass is 9.85. The van der Waals surface area contributed by atoms with E-state index in [0.29, 0.717) is 5.92 Å². The molecule has 4 heteroatoms. The minimum Gasteiger partial charge on any atom is -0.411 e. The van der Waals surface area contributed by atoms with E-state index in [4.69, 9.17) is 4.43 Å². The molecule has 0 heterocycles. The molecule has 0 saturated heterocycles. The zero-order valence-electron chi connectivity index (χ0n) is 14.8. The van der Waals surface area contributed by atoms with E-state index in [1.54, 1.807) is 6.08 Å². The van der Waals surface area contributed by atoms with Crippen LogP contribution in [0.5, 0.6) is 0 Å². The molecule has 1 fully saturated rings. The zero-order valence-corrected chi connectivity index (χ0v) is 15.8. The summed E-state index contributed by atoms with van der Waals surface area (Å²) in [6.07, 6.45) is 8.07. The van der Waals surface area contributed by atoms with Gasteiger partial charge in [0.1, 0.15) is 5.60 Å². The number of fused-ring (bicyclic) bond motifs is 2. The molecular weight excluding hydrogens is 292 g/mol. The van der Waals surface area contributed by atoms with E-state index in [2.05, 4.69) is 40.8 Å². The van der Waals surface area contributed by atoms with Crippen LogP contribution >= 0.6 is 0 Å². The summed E-state index contributed by atoms with van der Waals surface area (Å²) in [5.41, 5.74) is -1.30. The molecule has 2 aliphatic rings. The highest BCUT2D eigenvalue weighted by Gasteiger charge is 2.51. The first-order chi connectivity index (χ1) is 9.97. The highest BCUT2D eigenvalue weighted by Crippen LogP contribution is 2.44. The van der Waals surface area contributed by atoms with Crippen molar-refractivity contribution in [2.24, 2.45) is 11.8 Å². The number of rotatable bonds is 2. The van der Waals surface area contributed by atoms with Crippen molar-refractivity contribution >= 4 is 8.32 Å². The van der Waals surface area contributed by atoms with Crippen LogP contribution in [0.2, 0.25) is 18.1 Å². The quantitative estimate of drug-likeness (QED) is 0.762. The number of aliphatic hydroxyl groups excluding tert-OH is 1. The van der Waals surface area contributed by atoms with Crippen LogP contribution in [0.15, 0.2) is 24.3 Å². The van der Waals surface area contributed by atoms with Crippen molar-refractivity contribution in [2.45, 2.75) is 76.5 Å². The fourth-order valence-corrected chi connectivity index (χ4v) is 4.61. The number of hydrogen-bond donors (Lipinski definition) is 2. The van der Waals surface area contributed by atoms with E-state index >= 15 is 0 Å². The van der Waals surface area contributed by atoms with Crippen LogP contribution in [0, 0.1) is 11.8 Å². The molecule has 0 amide bonds. The van der Waals surface area contributed by atoms with E-state index in [9.17, 15) is 10.2 Å². The molecule has 0 aromatic rings. The van der Waals surface area contributed by atoms with E-state index in [1.165, 1.54) is 0 Å². The normalized spacial score (nSPS) is 39.5. The van der Waals surface area contributed by atoms with Crippen LogP contribution in [0.25, 0.3) is 0 Å². The molecule has 2 N–H and O–H groups in total. The molecule has 1 saturated carbocycles. The van der Waals surface area contributed by atoms with Crippen LogP contribution in [0.4, 0.5) is 0 Å². The van der Waals surface area contributed by atoms with Gasteiger partial charge in [-0.3, -0.25) is 0 Å². The van der Waals surface area contributed by atoms with Gasteiger partial charge in [-0.05, 0) is 43.0 Å². The SMILES string of the molecule is C[C@@H]1C[C@H](O[Si](C)(C)C(C)(C)C)[C@@]2(O)C=CC=C[C@@H](C1)[C@H]2O. The topological polar surface area (TPSA) is 49.7 Å². The van der Waals surface area contributed by atoms with Gasteiger partial charge in [-0.25, -0.2) is 0 Å². The van der Waals surface area contributed by atoms with Crippen LogP contribution < -0.4 is 0 Å². The Hall–Kier alpha value is -0.423. The van der Waals surface area contributed by atoms with Gasteiger partial charge in [0.2, 0.25) is 0 Å². The summed E-state index contributed by atoms with van der Waals surface area (Å²) in [7, 11) is -2.02. The van der Waals surface area contributed by atoms with Crippen LogP contribution in [-0.2, 0) is 4.43 Å². The molecule has 126 valence electrons. The first-order valence-corrected chi connectivity index (χ1v) is 11.3. The Balaban J connectivity index is 2.36. The Morgan fingerprint density at radius 2 is 1.82 bits per heavy atom. The Bertz CT molecular complexity index is 463. The Labute approximate surface area is 136 Å². The molecule has 0 aromatic heterocycles. The Kier molecular flexibility index (Phi) is 4.80. The monoisotopic (exact) mass is 324 g/mol. The molecule has 2 rings (SSSR count). The molecule has 0 radical (unpaired) electrons. The van der Waals surface area contributed by atoms with Crippen molar-refractivity contribution in [1.82, 2.24) is 0 Å². The summed E-state index contributed by atoms with van der Waals surface area (Å²) in [5.74, 6) is 0.405. The predicted octanol–water partition coefficient (Wildman–Crippen LogP) is 3.64. The summed E-state index contributed by atoms with van der Waals surface area (Å²) in [5, 5.41) is 22.1. The Morgan fingerprint density at radius 3 is 2.41 bits per heavy atom. The molecule has 0 aliphatic heterocycles. The fourth-order valence-electron chi connectivity index (χ4n) is 3.26. The first kappa shape index (κ1) is 17.9. The average molecular weight is 325 g/mol. The third kappa shape index (κ3) is 3.25. The Morgan fingerprint density at radius 1 is 1.18 bits per heavy atom. The minimum atomic E-state index is -2.02. The van der Waals surface area contributed by atoms with Crippen molar-refractivity contribution < 1.29 is 14.6 Å². The van der Waals surface area contributed by atoms with E-state index < -0.39 is 20.0 Å². The summed E-state index contributed by atoms with van der Waals surface area (Å²) < 4.78 is 6.56. The van der Waals surface area contributed by atoms with Crippen LogP contribution in [0.3, 0.4) is 0 Å². The molecule has 2 bridgehead atoms. The van der Waals surface area contributed by atoms with E-state index in [-0.39, 0.29) is 17.1 Å². The van der Waals surface area contributed by atoms with E-state index in [1.807, 2.05) is 18.2 Å². The standard InChI is InChI=1S/C18H32O3Si/c1-13-11-14-9-7-8-10-18(20,16(14)19)15(12-13)21-22(5,6)17(2,3)4/h7-10,13-16,19-20H,11-12H2,1-6H3/t13-,14-,15-,16+,18-/m0/s1. The number of allylic oxidation sites excluding steroid dienone is 2. The third-order valence-electron chi connectivity index (χ3n) is 5.76. The van der Waals surface area contributed by atoms with Crippen molar-refractivity contribution in [3.63, 3.8) is 0 Å². The second-order valence-electron chi connectivity index (χ2n) is 8.68. The van der Waals surface area contributed by atoms with Gasteiger partial charge >= 0.3 is 0 Å². The molecular formula is C18H32O3Si. The highest BCUT2D eigenvalue weighted by molar-refractivity contribution is 6.74. The maximum atomic E-state index is 11.3. The van der Waals surface area contributed by atoms with Gasteiger partial charge in [0.25, 0.3) is 0 Å². The van der Waals surface area contributed by atoms with Crippen molar-refractivity contribution in [1.29, 1.82) is 0 Å². The van der Waals surface area contributed by atoms with Crippen molar-refractivity contribution in [2.75, 3.05) is 0 Å². The maximum absolute atomic E-state index is 11.3. The lowest BCUT2D eigenvalue weighted by Crippen LogP contribution is -2.57. The summed E-state index contributed by atoms with van der Waals surface area (Å²) >= 11 is 0. The fraction of sp³-hybridized carbons (Fsp3) is 0.778. The van der Waals surface area contributed by atoms with Crippen LogP contribution in [0.1, 0.15) is 40.5 Å². The largest absolute Gasteiger partial charge is 0.411 e. The van der Waals surface area contributed by atoms with Crippen LogP contribution in [-0.4, -0.2) is 36.3 Å². The van der Waals surface area contributed by atoms with Crippen molar-refractivity contribution in [3.05, 3.63) is 24.3 Å². The second kappa shape index (κ2) is 5.89. The van der Waals surface area contributed by atoms with Gasteiger partial charge in [-0.15, -0.1) is 0 Å². The molecule has 2 aliphatic carbocycles. The van der Waals surface area contributed by atoms with Gasteiger partial charge in [0, 0.05) is 5.92 Å². The molecule has 5 atom stereocenters. The number of aliphatic hydroxyl groups is 2. The number of hydrogen-bond acceptors (Lipinski definition) is 3. The lowest BCUT2D eigenvalue weighted by Gasteiger charge is -2.45. The van der Waals surface area contributed by atoms with Gasteiger partial charge in [-0.1, -0.05) is 45.9 Å². The van der Waals surface area contributed by atoms with E-state index in [0.717, 1.165) is 12.8 Å². The molecule has 3 nitrogen and oxygen atoms in total. The van der Waals surface area contributed by atoms with Gasteiger partial charge in [0.05, 0.1) is 12.2 Å². The molecule has 0 spiro atoms. The average Bonchev–Trinajstić information content (AvgIpc) is 2.55. The molecule has 0 aromatic carbocycles. The van der Waals surface area contributed by atoms with Gasteiger partial charge < -0.3 is 14.6 Å². The lowest BCUT2D eigenvalue weighted by molar-refractivity contribution is -0.115. The smallest absolute Gasteiger partial charge is 0.192 e. The summed E-state index contributed by atoms with van der Waals surface area (Å²) in [6.45, 7) is 13.2. The second-order valence-corrected chi connectivity index (χ2v) is 13.4. The predicted molar refractivity (Wildman–Crippen MR) is 93.2 cm³/mol. The third-order valence-corrected chi connectivity index (χ3v) is 10.2. The van der Waals surface area contributed by atoms with Gasteiger partial charge in [-0.2, -0.15) is 0 Å². The molecule has 22 heavy (non-hydrogen) atoms. The first-order valence-electron chi connectivity index (χ1n) is 8.41. The zero-order chi connectivity index (χ0) is 16.8. The summed E-state index contributed by atoms with van der Waals surface area (Å²) in [6, 6.07) is 0. The van der Waals surface area contributed by atoms with Crippen molar-refractivity contribution in [3.8, 4) is 0 Å². The van der Waals surface area contributed by atoms with Gasteiger partial charge in [0.15, 0.2) is 8.32 Å². The minimum absolute atomic E-state index is 0.0111. The maximum Gasteiger partial charge on any atom is 0.192 e. The summed E-state index contributed by atoms with van der Waals surface area (Å²) in [4.78, 5) is 0. The molecule has 0 unspecified atom stereocenters.